The summed E-state index contributed by atoms with van der Waals surface area (Å²) in [4.78, 5) is 53.1. The molecule has 3 heterocycles. The summed E-state index contributed by atoms with van der Waals surface area (Å²) in [6, 6.07) is 8.41. The van der Waals surface area contributed by atoms with E-state index < -0.39 is 17.2 Å². The monoisotopic (exact) mass is 821 g/mol. The summed E-state index contributed by atoms with van der Waals surface area (Å²) < 4.78 is 13.4. The molecule has 5 rings (SSSR count). The zero-order valence-electron chi connectivity index (χ0n) is 36.2. The minimum atomic E-state index is -0.732. The number of nitrogens with one attached hydrogen (secondary N) is 2. The standard InChI is InChI=1S/C43H68N10O6/c1-42(2,3)58-40(56)51(25-15-27-53(34-16-8-7-9-17-34)41(57)59-43(4,5)6)24-14-26-52-31-33(48-49-52)30-44-39-46-36-19-11-10-18-35(36)38(47-39)45-32-21-28-50(29-22-32)23-13-12-20-37(54)55/h10-11,18-19,31-32,34H,7-9,12-17,20-30H2,1-6H3,(H,54,55)(H2,44,45,46,47). The number of hydrogen-bond donors (Lipinski definition) is 3. The van der Waals surface area contributed by atoms with Gasteiger partial charge in [-0.25, -0.2) is 14.6 Å². The molecule has 2 amide bonds. The second kappa shape index (κ2) is 21.5. The van der Waals surface area contributed by atoms with Crippen LogP contribution in [0.4, 0.5) is 21.4 Å². The van der Waals surface area contributed by atoms with E-state index in [-0.39, 0.29) is 30.7 Å². The van der Waals surface area contributed by atoms with E-state index in [1.54, 1.807) is 9.58 Å². The number of carboxylic acids is 1. The number of carboxylic acid groups (broad SMARTS) is 1. The third-order valence-corrected chi connectivity index (χ3v) is 10.6. The van der Waals surface area contributed by atoms with E-state index in [0.717, 1.165) is 87.0 Å². The molecule has 1 aromatic carbocycles. The van der Waals surface area contributed by atoms with Gasteiger partial charge in [0.2, 0.25) is 5.95 Å². The third-order valence-electron chi connectivity index (χ3n) is 10.6. The van der Waals surface area contributed by atoms with Crippen LogP contribution in [0.1, 0.15) is 124 Å². The van der Waals surface area contributed by atoms with Gasteiger partial charge in [-0.2, -0.15) is 4.98 Å². The molecule has 1 aliphatic heterocycles. The molecule has 0 spiro atoms. The number of nitrogens with zero attached hydrogens (tertiary/aromatic N) is 8. The minimum absolute atomic E-state index is 0.153. The maximum absolute atomic E-state index is 13.3. The molecule has 2 aromatic heterocycles. The third kappa shape index (κ3) is 15.4. The number of benzene rings is 1. The number of carbonyl (C=O) groups excluding carboxylic acids is 2. The molecule has 2 aliphatic rings. The van der Waals surface area contributed by atoms with Crippen LogP contribution in [0, 0.1) is 0 Å². The first-order chi connectivity index (χ1) is 28.1. The molecule has 16 nitrogen and oxygen atoms in total. The van der Waals surface area contributed by atoms with Gasteiger partial charge in [-0.3, -0.25) is 9.48 Å². The Morgan fingerprint density at radius 3 is 2.24 bits per heavy atom. The van der Waals surface area contributed by atoms with Crippen LogP contribution < -0.4 is 10.6 Å². The Morgan fingerprint density at radius 1 is 0.831 bits per heavy atom. The highest BCUT2D eigenvalue weighted by atomic mass is 16.6. The number of likely N-dealkylation sites (tertiary alicyclic amines) is 1. The quantitative estimate of drug-likeness (QED) is 0.101. The van der Waals surface area contributed by atoms with Crippen LogP contribution >= 0.6 is 0 Å². The van der Waals surface area contributed by atoms with Gasteiger partial charge in [0.25, 0.3) is 0 Å². The summed E-state index contributed by atoms with van der Waals surface area (Å²) in [5, 5.41) is 25.6. The summed E-state index contributed by atoms with van der Waals surface area (Å²) in [6.07, 6.45) is 11.6. The highest BCUT2D eigenvalue weighted by molar-refractivity contribution is 5.90. The number of unbranched alkanes of at least 4 members (excludes halogenated alkanes) is 1. The first kappa shape index (κ1) is 45.4. The zero-order chi connectivity index (χ0) is 42.4. The normalized spacial score (nSPS) is 15.8. The maximum Gasteiger partial charge on any atom is 0.410 e. The first-order valence-corrected chi connectivity index (χ1v) is 21.7. The van der Waals surface area contributed by atoms with E-state index in [1.165, 1.54) is 6.42 Å². The van der Waals surface area contributed by atoms with Gasteiger partial charge < -0.3 is 39.9 Å². The van der Waals surface area contributed by atoms with Gasteiger partial charge in [-0.15, -0.1) is 5.10 Å². The lowest BCUT2D eigenvalue weighted by atomic mass is 9.94. The van der Waals surface area contributed by atoms with Crippen molar-refractivity contribution in [1.82, 2.24) is 39.7 Å². The number of piperidine rings is 1. The van der Waals surface area contributed by atoms with E-state index in [4.69, 9.17) is 24.5 Å². The molecule has 0 radical (unpaired) electrons. The number of fused-ring (bicyclic) bond motifs is 1. The van der Waals surface area contributed by atoms with Gasteiger partial charge in [-0.1, -0.05) is 36.6 Å². The Balaban J connectivity index is 1.13. The van der Waals surface area contributed by atoms with Gasteiger partial charge >= 0.3 is 18.2 Å². The van der Waals surface area contributed by atoms with Crippen LogP contribution in [-0.4, -0.2) is 125 Å². The van der Waals surface area contributed by atoms with Crippen molar-refractivity contribution >= 4 is 40.8 Å². The van der Waals surface area contributed by atoms with Gasteiger partial charge in [0, 0.05) is 63.2 Å². The topological polar surface area (TPSA) is 180 Å². The Bertz CT molecular complexity index is 1790. The minimum Gasteiger partial charge on any atom is -0.481 e. The summed E-state index contributed by atoms with van der Waals surface area (Å²) >= 11 is 0. The molecule has 1 saturated carbocycles. The van der Waals surface area contributed by atoms with Crippen molar-refractivity contribution in [3.8, 4) is 0 Å². The number of hydrogen-bond acceptors (Lipinski definition) is 12. The molecule has 0 unspecified atom stereocenters. The number of aryl methyl sites for hydroxylation is 1. The molecule has 2 fully saturated rings. The molecular weight excluding hydrogens is 753 g/mol. The summed E-state index contributed by atoms with van der Waals surface area (Å²) in [7, 11) is 0. The fraction of sp³-hybridized carbons (Fsp3) is 0.698. The number of aliphatic carboxylic acids is 1. The molecule has 1 aliphatic carbocycles. The van der Waals surface area contributed by atoms with Crippen molar-refractivity contribution in [2.24, 2.45) is 0 Å². The van der Waals surface area contributed by atoms with Crippen LogP contribution in [0.15, 0.2) is 30.5 Å². The molecule has 0 bridgehead atoms. The van der Waals surface area contributed by atoms with Gasteiger partial charge in [0.15, 0.2) is 0 Å². The number of ether oxygens (including phenoxy) is 2. The maximum atomic E-state index is 13.3. The molecule has 3 aromatic rings. The summed E-state index contributed by atoms with van der Waals surface area (Å²) in [5.74, 6) is 0.561. The predicted molar refractivity (Wildman–Crippen MR) is 228 cm³/mol. The first-order valence-electron chi connectivity index (χ1n) is 21.7. The van der Waals surface area contributed by atoms with Crippen molar-refractivity contribution in [1.29, 1.82) is 0 Å². The van der Waals surface area contributed by atoms with E-state index in [1.807, 2.05) is 76.9 Å². The number of aromatic nitrogens is 5. The molecule has 3 N–H and O–H groups in total. The lowest BCUT2D eigenvalue weighted by molar-refractivity contribution is -0.137. The average Bonchev–Trinajstić information content (AvgIpc) is 3.63. The van der Waals surface area contributed by atoms with E-state index in [9.17, 15) is 14.4 Å². The Labute approximate surface area is 349 Å². The lowest BCUT2D eigenvalue weighted by Gasteiger charge is -2.36. The predicted octanol–water partition coefficient (Wildman–Crippen LogP) is 7.55. The highest BCUT2D eigenvalue weighted by Crippen LogP contribution is 2.27. The van der Waals surface area contributed by atoms with Gasteiger partial charge in [0.05, 0.1) is 18.3 Å². The van der Waals surface area contributed by atoms with Crippen molar-refractivity contribution in [3.63, 3.8) is 0 Å². The Hall–Kier alpha value is -4.73. The molecule has 59 heavy (non-hydrogen) atoms. The van der Waals surface area contributed by atoms with Crippen molar-refractivity contribution < 1.29 is 29.0 Å². The number of carbonyl (C=O) groups is 3. The van der Waals surface area contributed by atoms with Crippen molar-refractivity contribution in [3.05, 3.63) is 36.2 Å². The Morgan fingerprint density at radius 2 is 1.53 bits per heavy atom. The van der Waals surface area contributed by atoms with Crippen LogP contribution in [0.2, 0.25) is 0 Å². The van der Waals surface area contributed by atoms with Crippen LogP contribution in [-0.2, 0) is 27.4 Å². The highest BCUT2D eigenvalue weighted by Gasteiger charge is 2.30. The molecule has 1 saturated heterocycles. The molecule has 0 atom stereocenters. The second-order valence-corrected chi connectivity index (χ2v) is 18.0. The number of para-hydroxylation sites is 1. The fourth-order valence-electron chi connectivity index (χ4n) is 7.68. The zero-order valence-corrected chi connectivity index (χ0v) is 36.2. The fourth-order valence-corrected chi connectivity index (χ4v) is 7.68. The summed E-state index contributed by atoms with van der Waals surface area (Å²) in [6.45, 7) is 16.5. The number of rotatable bonds is 19. The van der Waals surface area contributed by atoms with Crippen LogP contribution in [0.25, 0.3) is 10.9 Å². The average molecular weight is 821 g/mol. The van der Waals surface area contributed by atoms with Crippen molar-refractivity contribution in [2.75, 3.05) is 49.9 Å². The van der Waals surface area contributed by atoms with E-state index in [2.05, 4.69) is 25.8 Å². The Kier molecular flexibility index (Phi) is 16.5. The van der Waals surface area contributed by atoms with Gasteiger partial charge in [0.1, 0.15) is 22.7 Å². The van der Waals surface area contributed by atoms with Crippen LogP contribution in [0.3, 0.4) is 0 Å². The second-order valence-electron chi connectivity index (χ2n) is 18.0. The largest absolute Gasteiger partial charge is 0.481 e. The molecular formula is C43H68N10O6. The van der Waals surface area contributed by atoms with Gasteiger partial charge in [-0.05, 0) is 112 Å². The smallest absolute Gasteiger partial charge is 0.410 e. The van der Waals surface area contributed by atoms with Crippen LogP contribution in [0.5, 0.6) is 0 Å². The van der Waals surface area contributed by atoms with E-state index in [0.29, 0.717) is 57.9 Å². The lowest BCUT2D eigenvalue weighted by Crippen LogP contribution is -2.46. The number of anilines is 2. The van der Waals surface area contributed by atoms with Crippen molar-refractivity contribution in [2.45, 2.75) is 155 Å². The summed E-state index contributed by atoms with van der Waals surface area (Å²) in [5.41, 5.74) is 0.362. The molecule has 326 valence electrons. The van der Waals surface area contributed by atoms with E-state index >= 15 is 0 Å². The number of amides is 2. The molecule has 16 heteroatoms. The SMILES string of the molecule is CC(C)(C)OC(=O)N(CCCN(C(=O)OC(C)(C)C)C1CCCCC1)CCCn1cc(CNc2nc(NC3CCN(CCCCC(=O)O)CC3)c3ccccc3n2)nn1.